The highest BCUT2D eigenvalue weighted by atomic mass is 32.2. The lowest BCUT2D eigenvalue weighted by Gasteiger charge is -2.36. The molecule has 4 fully saturated rings. The maximum absolute atomic E-state index is 12.6. The van der Waals surface area contributed by atoms with Gasteiger partial charge in [-0.25, -0.2) is 47.7 Å². The summed E-state index contributed by atoms with van der Waals surface area (Å²) in [4.78, 5) is 53.2. The summed E-state index contributed by atoms with van der Waals surface area (Å²) in [7, 11) is -3.53. The zero-order valence-corrected chi connectivity index (χ0v) is 37.2. The van der Waals surface area contributed by atoms with E-state index in [1.54, 1.807) is 40.1 Å². The number of alkyl halides is 3. The Kier molecular flexibility index (Phi) is 17.6. The molecule has 4 aromatic rings. The van der Waals surface area contributed by atoms with Gasteiger partial charge in [0.1, 0.15) is 0 Å². The maximum Gasteiger partial charge on any atom is 0.488 e. The molecule has 4 aliphatic heterocycles. The highest BCUT2D eigenvalue weighted by Crippen LogP contribution is 2.29. The van der Waals surface area contributed by atoms with E-state index in [1.165, 1.54) is 9.91 Å². The lowest BCUT2D eigenvalue weighted by Crippen LogP contribution is -2.55. The summed E-state index contributed by atoms with van der Waals surface area (Å²) in [5.74, 6) is 5.55. The Labute approximate surface area is 377 Å². The van der Waals surface area contributed by atoms with Crippen LogP contribution >= 0.6 is 0 Å². The van der Waals surface area contributed by atoms with Gasteiger partial charge in [-0.15, -0.1) is 13.2 Å². The molecule has 4 aromatic carbocycles. The number of hydrogen-bond donors (Lipinski definition) is 2. The van der Waals surface area contributed by atoms with Crippen LogP contribution in [0.4, 0.5) is 55.1 Å². The monoisotopic (exact) mass is 923 g/mol. The molecule has 4 saturated heterocycles. The Morgan fingerprint density at radius 2 is 0.877 bits per heavy atom. The summed E-state index contributed by atoms with van der Waals surface area (Å²) in [6.45, 7) is 7.01. The molecular formula is C45H56F3N9O7S. The number of hydroxylamine groups is 2. The van der Waals surface area contributed by atoms with Crippen molar-refractivity contribution in [3.8, 4) is 0 Å². The molecule has 0 spiro atoms. The molecule has 8 amide bonds. The van der Waals surface area contributed by atoms with E-state index in [0.29, 0.717) is 51.3 Å². The Hall–Kier alpha value is -6.38. The second-order valence-electron chi connectivity index (χ2n) is 15.7. The first-order chi connectivity index (χ1) is 31.0. The molecule has 4 aliphatic rings. The van der Waals surface area contributed by atoms with Crippen LogP contribution in [-0.4, -0.2) is 121 Å². The van der Waals surface area contributed by atoms with Crippen molar-refractivity contribution >= 4 is 56.9 Å². The normalized spacial score (nSPS) is 17.2. The molecule has 350 valence electrons. The molecule has 4 heterocycles. The van der Waals surface area contributed by atoms with Crippen molar-refractivity contribution in [2.75, 3.05) is 77.7 Å². The van der Waals surface area contributed by atoms with Crippen LogP contribution in [0.3, 0.4) is 0 Å². The number of carbonyl (C=O) groups is 4. The van der Waals surface area contributed by atoms with Crippen molar-refractivity contribution in [3.63, 3.8) is 0 Å². The van der Waals surface area contributed by atoms with Crippen molar-refractivity contribution in [2.45, 2.75) is 45.8 Å². The van der Waals surface area contributed by atoms with Gasteiger partial charge in [-0.3, -0.25) is 29.8 Å². The molecule has 8 rings (SSSR count). The number of anilines is 4. The van der Waals surface area contributed by atoms with Crippen LogP contribution in [0.15, 0.2) is 121 Å². The van der Waals surface area contributed by atoms with E-state index in [1.807, 2.05) is 105 Å². The van der Waals surface area contributed by atoms with E-state index in [9.17, 15) is 46.0 Å². The van der Waals surface area contributed by atoms with Gasteiger partial charge in [0.15, 0.2) is 0 Å². The summed E-state index contributed by atoms with van der Waals surface area (Å²) in [5, 5.41) is 11.3. The standard InChI is InChI=1S/C14H20N2O3S.C11H11F3N2O.C10H13N3O.C10H12N2O2/c1-12(2)11-20(18,19)16-10-6-9-15(14(16)17)13-7-4-3-5-8-13;12-11(13,14)16-8-4-7-15(10(16)17)9-5-2-1-3-6-9;11-13-8-4-7-12(10(13)14)9-5-2-1-3-6-9;13-10-11(7-4-8-12(10)14)9-5-2-1-3-6-9/h3-5,7-8,12H,6,9-11H2,1-2H3;1-3,5-6H,4,7-8H2;1-3,5-6H,4,7-8,11H2;1-3,5-6,14H,4,7-8H2. The smallest absolute Gasteiger partial charge is 0.294 e. The van der Waals surface area contributed by atoms with Crippen molar-refractivity contribution in [3.05, 3.63) is 121 Å². The highest BCUT2D eigenvalue weighted by Gasteiger charge is 2.45. The molecule has 16 nitrogen and oxygen atoms in total. The molecule has 0 aromatic heterocycles. The summed E-state index contributed by atoms with van der Waals surface area (Å²) < 4.78 is 63.2. The van der Waals surface area contributed by atoms with Gasteiger partial charge in [-0.2, -0.15) is 0 Å². The van der Waals surface area contributed by atoms with E-state index in [0.717, 1.165) is 50.7 Å². The van der Waals surface area contributed by atoms with E-state index < -0.39 is 28.4 Å². The number of benzene rings is 4. The molecule has 0 atom stereocenters. The van der Waals surface area contributed by atoms with Crippen LogP contribution in [0, 0.1) is 5.92 Å². The summed E-state index contributed by atoms with van der Waals surface area (Å²) in [6.07, 6.45) is -1.95. The molecule has 0 saturated carbocycles. The number of hydrogen-bond acceptors (Lipinski definition) is 8. The zero-order chi connectivity index (χ0) is 47.1. The largest absolute Gasteiger partial charge is 0.488 e. The first-order valence-corrected chi connectivity index (χ1v) is 22.9. The summed E-state index contributed by atoms with van der Waals surface area (Å²) in [6, 6.07) is 34.6. The number of hydrazine groups is 1. The minimum atomic E-state index is -4.61. The first kappa shape index (κ1) is 49.6. The molecule has 65 heavy (non-hydrogen) atoms. The molecule has 0 aliphatic carbocycles. The molecule has 0 radical (unpaired) electrons. The van der Waals surface area contributed by atoms with Gasteiger partial charge in [-0.05, 0) is 80.1 Å². The summed E-state index contributed by atoms with van der Waals surface area (Å²) >= 11 is 0. The first-order valence-electron chi connectivity index (χ1n) is 21.3. The lowest BCUT2D eigenvalue weighted by atomic mass is 10.2. The third-order valence-corrected chi connectivity index (χ3v) is 12.4. The second kappa shape index (κ2) is 23.0. The second-order valence-corrected chi connectivity index (χ2v) is 17.6. The minimum absolute atomic E-state index is 0.0000909. The molecule has 0 bridgehead atoms. The number of amides is 8. The van der Waals surface area contributed by atoms with E-state index in [2.05, 4.69) is 0 Å². The number of urea groups is 4. The third-order valence-electron chi connectivity index (χ3n) is 10.3. The van der Waals surface area contributed by atoms with Crippen LogP contribution < -0.4 is 25.4 Å². The Balaban J connectivity index is 0.000000164. The molecule has 3 N–H and O–H groups in total. The van der Waals surface area contributed by atoms with Gasteiger partial charge in [0.05, 0.1) is 12.3 Å². The zero-order valence-electron chi connectivity index (χ0n) is 36.4. The van der Waals surface area contributed by atoms with Gasteiger partial charge in [-0.1, -0.05) is 86.6 Å². The van der Waals surface area contributed by atoms with Crippen LogP contribution in [0.5, 0.6) is 0 Å². The van der Waals surface area contributed by atoms with Crippen LogP contribution in [0.1, 0.15) is 39.5 Å². The van der Waals surface area contributed by atoms with Crippen molar-refractivity contribution in [2.24, 2.45) is 11.8 Å². The highest BCUT2D eigenvalue weighted by molar-refractivity contribution is 7.89. The average molecular weight is 924 g/mol. The Morgan fingerprint density at radius 3 is 1.29 bits per heavy atom. The minimum Gasteiger partial charge on any atom is -0.294 e. The van der Waals surface area contributed by atoms with E-state index >= 15 is 0 Å². The lowest BCUT2D eigenvalue weighted by molar-refractivity contribution is -0.224. The fourth-order valence-corrected chi connectivity index (χ4v) is 9.04. The molecule has 20 heteroatoms. The number of para-hydroxylation sites is 4. The van der Waals surface area contributed by atoms with Crippen molar-refractivity contribution < 1.29 is 46.0 Å². The average Bonchev–Trinajstić information content (AvgIpc) is 3.29. The van der Waals surface area contributed by atoms with E-state index in [4.69, 9.17) is 5.84 Å². The van der Waals surface area contributed by atoms with Crippen molar-refractivity contribution in [1.82, 2.24) is 19.3 Å². The summed E-state index contributed by atoms with van der Waals surface area (Å²) in [5.41, 5.74) is 2.97. The van der Waals surface area contributed by atoms with Gasteiger partial charge >= 0.3 is 30.4 Å². The Bertz CT molecular complexity index is 2200. The topological polar surface area (TPSA) is 175 Å². The van der Waals surface area contributed by atoms with E-state index in [-0.39, 0.29) is 41.7 Å². The maximum atomic E-state index is 12.6. The number of carbonyl (C=O) groups excluding carboxylic acids is 4. The number of halogens is 3. The number of nitrogens with zero attached hydrogens (tertiary/aromatic N) is 8. The number of nitrogens with two attached hydrogens (primary N) is 1. The fraction of sp³-hybridized carbons (Fsp3) is 0.378. The van der Waals surface area contributed by atoms with Crippen LogP contribution in [0.2, 0.25) is 0 Å². The molecular weight excluding hydrogens is 868 g/mol. The van der Waals surface area contributed by atoms with Gasteiger partial charge in [0.25, 0.3) is 0 Å². The Morgan fingerprint density at radius 1 is 0.523 bits per heavy atom. The predicted molar refractivity (Wildman–Crippen MR) is 243 cm³/mol. The van der Waals surface area contributed by atoms with Crippen LogP contribution in [0.25, 0.3) is 0 Å². The SMILES string of the molecule is CC(C)CS(=O)(=O)N1CCCN(c2ccccc2)C1=O.NN1CCCN(c2ccccc2)C1=O.O=C1N(O)CCCN1c1ccccc1.O=C1N(c2ccccc2)CCCN1C(F)(F)F. The fourth-order valence-electron chi connectivity index (χ4n) is 7.27. The predicted octanol–water partition coefficient (Wildman–Crippen LogP) is 8.04. The van der Waals surface area contributed by atoms with Gasteiger partial charge in [0, 0.05) is 68.6 Å². The quantitative estimate of drug-likeness (QED) is 0.0811. The van der Waals surface area contributed by atoms with Crippen molar-refractivity contribution in [1.29, 1.82) is 0 Å². The molecule has 0 unspecified atom stereocenters. The third kappa shape index (κ3) is 13.6. The van der Waals surface area contributed by atoms with Gasteiger partial charge < -0.3 is 0 Å². The number of sulfonamides is 1. The van der Waals surface area contributed by atoms with Crippen LogP contribution in [-0.2, 0) is 10.0 Å². The van der Waals surface area contributed by atoms with Gasteiger partial charge in [0.2, 0.25) is 10.0 Å². The number of rotatable bonds is 7.